The van der Waals surface area contributed by atoms with Crippen LogP contribution in [0.4, 0.5) is 5.69 Å². The number of carboxylic acid groups (broad SMARTS) is 1. The first-order valence-electron chi connectivity index (χ1n) is 5.69. The molecule has 0 saturated carbocycles. The quantitative estimate of drug-likeness (QED) is 0.600. The van der Waals surface area contributed by atoms with Crippen LogP contribution in [0.5, 0.6) is 11.5 Å². The van der Waals surface area contributed by atoms with Crippen molar-refractivity contribution in [3.8, 4) is 11.5 Å². The van der Waals surface area contributed by atoms with Crippen LogP contribution >= 0.6 is 0 Å². The third-order valence-electron chi connectivity index (χ3n) is 2.47. The van der Waals surface area contributed by atoms with Crippen molar-refractivity contribution in [2.24, 2.45) is 0 Å². The summed E-state index contributed by atoms with van der Waals surface area (Å²) in [6.07, 6.45) is -0.117. The molecule has 1 N–H and O–H groups in total. The molecule has 0 radical (unpaired) electrons. The minimum Gasteiger partial charge on any atom is -0.493 e. The number of nitro benzene ring substituents is 1. The number of rotatable bonds is 7. The second-order valence-corrected chi connectivity index (χ2v) is 3.72. The lowest BCUT2D eigenvalue weighted by Gasteiger charge is -2.11. The Labute approximate surface area is 109 Å². The molecule has 0 aliphatic rings. The first-order chi connectivity index (χ1) is 8.99. The number of carbonyl (C=O) groups is 1. The zero-order valence-corrected chi connectivity index (χ0v) is 10.7. The van der Waals surface area contributed by atoms with Crippen LogP contribution in [0.15, 0.2) is 12.1 Å². The van der Waals surface area contributed by atoms with Crippen LogP contribution in [0, 0.1) is 10.1 Å². The maximum absolute atomic E-state index is 11.0. The average Bonchev–Trinajstić information content (AvgIpc) is 2.36. The molecule has 0 unspecified atom stereocenters. The molecule has 7 heteroatoms. The molecule has 104 valence electrons. The van der Waals surface area contributed by atoms with E-state index >= 15 is 0 Å². The molecule has 0 bridgehead atoms. The van der Waals surface area contributed by atoms with Crippen molar-refractivity contribution in [3.63, 3.8) is 0 Å². The topological polar surface area (TPSA) is 98.9 Å². The van der Waals surface area contributed by atoms with E-state index < -0.39 is 10.9 Å². The van der Waals surface area contributed by atoms with Gasteiger partial charge in [0.1, 0.15) is 0 Å². The molecule has 0 aliphatic carbocycles. The molecule has 0 aromatic heterocycles. The van der Waals surface area contributed by atoms with Crippen molar-refractivity contribution in [3.05, 3.63) is 27.8 Å². The van der Waals surface area contributed by atoms with E-state index in [0.717, 1.165) is 0 Å². The van der Waals surface area contributed by atoms with Crippen molar-refractivity contribution in [1.82, 2.24) is 0 Å². The van der Waals surface area contributed by atoms with Crippen molar-refractivity contribution in [1.29, 1.82) is 0 Å². The number of nitrogens with zero attached hydrogens (tertiary/aromatic N) is 1. The smallest absolute Gasteiger partial charge is 0.303 e. The van der Waals surface area contributed by atoms with Crippen molar-refractivity contribution < 1.29 is 24.3 Å². The Morgan fingerprint density at radius 1 is 1.42 bits per heavy atom. The number of hydrogen-bond acceptors (Lipinski definition) is 5. The fourth-order valence-electron chi connectivity index (χ4n) is 1.63. The molecular formula is C12H15NO6. The zero-order valence-electron chi connectivity index (χ0n) is 10.7. The second-order valence-electron chi connectivity index (χ2n) is 3.72. The van der Waals surface area contributed by atoms with Gasteiger partial charge in [-0.2, -0.15) is 0 Å². The maximum Gasteiger partial charge on any atom is 0.303 e. The van der Waals surface area contributed by atoms with Crippen LogP contribution in [0.3, 0.4) is 0 Å². The SMILES string of the molecule is CCOc1cc(CCC(=O)O)c([N+](=O)[O-])cc1OC. The number of methoxy groups -OCH3 is 1. The predicted octanol–water partition coefficient (Wildman–Crippen LogP) is 2.02. The number of aryl methyl sites for hydroxylation is 1. The summed E-state index contributed by atoms with van der Waals surface area (Å²) in [6.45, 7) is 2.16. The van der Waals surface area contributed by atoms with E-state index in [9.17, 15) is 14.9 Å². The molecule has 0 spiro atoms. The molecule has 0 amide bonds. The summed E-state index contributed by atoms with van der Waals surface area (Å²) >= 11 is 0. The summed E-state index contributed by atoms with van der Waals surface area (Å²) in [6, 6.07) is 2.71. The molecule has 1 aromatic rings. The number of aliphatic carboxylic acids is 1. The summed E-state index contributed by atoms with van der Waals surface area (Å²) in [5.74, 6) is -0.383. The van der Waals surface area contributed by atoms with Gasteiger partial charge in [0, 0.05) is 12.0 Å². The highest BCUT2D eigenvalue weighted by molar-refractivity contribution is 5.67. The number of carboxylic acids is 1. The van der Waals surface area contributed by atoms with E-state index in [0.29, 0.717) is 17.9 Å². The van der Waals surface area contributed by atoms with E-state index in [-0.39, 0.29) is 24.3 Å². The first-order valence-corrected chi connectivity index (χ1v) is 5.69. The predicted molar refractivity (Wildman–Crippen MR) is 66.8 cm³/mol. The van der Waals surface area contributed by atoms with Crippen LogP contribution in [0.2, 0.25) is 0 Å². The van der Waals surface area contributed by atoms with Crippen LogP contribution < -0.4 is 9.47 Å². The van der Waals surface area contributed by atoms with Crippen LogP contribution in [-0.4, -0.2) is 29.7 Å². The zero-order chi connectivity index (χ0) is 14.4. The average molecular weight is 269 g/mol. The van der Waals surface area contributed by atoms with Gasteiger partial charge < -0.3 is 14.6 Å². The minimum absolute atomic E-state index is 0.0652. The van der Waals surface area contributed by atoms with E-state index in [2.05, 4.69) is 0 Å². The summed E-state index contributed by atoms with van der Waals surface area (Å²) < 4.78 is 10.3. The van der Waals surface area contributed by atoms with Gasteiger partial charge in [-0.15, -0.1) is 0 Å². The third kappa shape index (κ3) is 3.84. The Balaban J connectivity index is 3.20. The first kappa shape index (κ1) is 14.7. The highest BCUT2D eigenvalue weighted by Gasteiger charge is 2.20. The third-order valence-corrected chi connectivity index (χ3v) is 2.47. The van der Waals surface area contributed by atoms with Crippen LogP contribution in [0.1, 0.15) is 18.9 Å². The van der Waals surface area contributed by atoms with Gasteiger partial charge in [-0.05, 0) is 19.4 Å². The summed E-state index contributed by atoms with van der Waals surface area (Å²) in [4.78, 5) is 21.0. The van der Waals surface area contributed by atoms with E-state index in [4.69, 9.17) is 14.6 Å². The molecule has 19 heavy (non-hydrogen) atoms. The van der Waals surface area contributed by atoms with E-state index in [1.54, 1.807) is 6.92 Å². The standard InChI is InChI=1S/C12H15NO6/c1-3-19-11-6-8(4-5-12(14)15)9(13(16)17)7-10(11)18-2/h6-7H,3-5H2,1-2H3,(H,14,15). The number of nitro groups is 1. The maximum atomic E-state index is 11.0. The van der Waals surface area contributed by atoms with Gasteiger partial charge in [-0.25, -0.2) is 0 Å². The lowest BCUT2D eigenvalue weighted by Crippen LogP contribution is -2.03. The molecule has 1 aromatic carbocycles. The van der Waals surface area contributed by atoms with Gasteiger partial charge in [0.15, 0.2) is 11.5 Å². The van der Waals surface area contributed by atoms with Gasteiger partial charge in [-0.1, -0.05) is 0 Å². The number of ether oxygens (including phenoxy) is 2. The molecule has 7 nitrogen and oxygen atoms in total. The monoisotopic (exact) mass is 269 g/mol. The molecule has 0 saturated heterocycles. The number of hydrogen-bond donors (Lipinski definition) is 1. The fourth-order valence-corrected chi connectivity index (χ4v) is 1.63. The summed E-state index contributed by atoms with van der Waals surface area (Å²) in [5.41, 5.74) is 0.151. The van der Waals surface area contributed by atoms with E-state index in [1.807, 2.05) is 0 Å². The Morgan fingerprint density at radius 2 is 2.11 bits per heavy atom. The van der Waals surface area contributed by atoms with Gasteiger partial charge in [0.05, 0.1) is 24.7 Å². The summed E-state index contributed by atoms with van der Waals surface area (Å²) in [7, 11) is 1.39. The highest BCUT2D eigenvalue weighted by atomic mass is 16.6. The van der Waals surface area contributed by atoms with E-state index in [1.165, 1.54) is 19.2 Å². The lowest BCUT2D eigenvalue weighted by atomic mass is 10.1. The molecular weight excluding hydrogens is 254 g/mol. The van der Waals surface area contributed by atoms with Gasteiger partial charge in [-0.3, -0.25) is 14.9 Å². The summed E-state index contributed by atoms with van der Waals surface area (Å²) in [5, 5.41) is 19.6. The highest BCUT2D eigenvalue weighted by Crippen LogP contribution is 2.35. The Morgan fingerprint density at radius 3 is 2.58 bits per heavy atom. The Hall–Kier alpha value is -2.31. The fraction of sp³-hybridized carbons (Fsp3) is 0.417. The van der Waals surface area contributed by atoms with Crippen molar-refractivity contribution >= 4 is 11.7 Å². The van der Waals surface area contributed by atoms with Crippen molar-refractivity contribution in [2.75, 3.05) is 13.7 Å². The normalized spacial score (nSPS) is 10.0. The number of benzene rings is 1. The molecule has 0 fully saturated rings. The van der Waals surface area contributed by atoms with Gasteiger partial charge in [0.25, 0.3) is 5.69 Å². The lowest BCUT2D eigenvalue weighted by molar-refractivity contribution is -0.385. The molecule has 0 atom stereocenters. The van der Waals surface area contributed by atoms with Crippen LogP contribution in [0.25, 0.3) is 0 Å². The van der Waals surface area contributed by atoms with Crippen molar-refractivity contribution in [2.45, 2.75) is 19.8 Å². The molecule has 0 heterocycles. The second kappa shape index (κ2) is 6.58. The van der Waals surface area contributed by atoms with Gasteiger partial charge in [0.2, 0.25) is 0 Å². The van der Waals surface area contributed by atoms with Crippen LogP contribution in [-0.2, 0) is 11.2 Å². The minimum atomic E-state index is -1.01. The molecule has 0 aliphatic heterocycles. The molecule has 1 rings (SSSR count). The van der Waals surface area contributed by atoms with Gasteiger partial charge >= 0.3 is 5.97 Å². The Bertz CT molecular complexity index is 485. The Kier molecular flexibility index (Phi) is 5.11. The largest absolute Gasteiger partial charge is 0.493 e.